The molecule has 2 aliphatic rings. The van der Waals surface area contributed by atoms with Crippen LogP contribution in [0.2, 0.25) is 0 Å². The van der Waals surface area contributed by atoms with Crippen LogP contribution in [0.25, 0.3) is 10.9 Å². The van der Waals surface area contributed by atoms with E-state index in [1.165, 1.54) is 0 Å². The molecule has 1 N–H and O–H groups in total. The molecule has 2 aromatic rings. The summed E-state index contributed by atoms with van der Waals surface area (Å²) < 4.78 is 7.66. The lowest BCUT2D eigenvalue weighted by atomic mass is 9.73. The summed E-state index contributed by atoms with van der Waals surface area (Å²) >= 11 is 0. The lowest BCUT2D eigenvalue weighted by Gasteiger charge is -2.36. The number of amides is 2. The van der Waals surface area contributed by atoms with Gasteiger partial charge in [0.25, 0.3) is 0 Å². The van der Waals surface area contributed by atoms with Gasteiger partial charge < -0.3 is 19.5 Å². The Labute approximate surface area is 153 Å². The van der Waals surface area contributed by atoms with Crippen LogP contribution in [0, 0.1) is 11.3 Å². The van der Waals surface area contributed by atoms with Crippen molar-refractivity contribution in [1.29, 1.82) is 0 Å². The number of rotatable bonds is 3. The van der Waals surface area contributed by atoms with E-state index in [0.717, 1.165) is 16.6 Å². The number of hydrogen-bond acceptors (Lipinski definition) is 3. The summed E-state index contributed by atoms with van der Waals surface area (Å²) in [6, 6.07) is 10.2. The lowest BCUT2D eigenvalue weighted by Crippen LogP contribution is -2.49. The first kappa shape index (κ1) is 17.1. The minimum absolute atomic E-state index is 0.0331. The van der Waals surface area contributed by atoms with Gasteiger partial charge in [-0.1, -0.05) is 18.2 Å². The molecule has 0 saturated carbocycles. The highest BCUT2D eigenvalue weighted by Crippen LogP contribution is 2.42. The number of nitrogens with one attached hydrogen (secondary N) is 1. The van der Waals surface area contributed by atoms with Gasteiger partial charge in [0.2, 0.25) is 11.8 Å². The average molecular weight is 355 g/mol. The first-order valence-corrected chi connectivity index (χ1v) is 9.16. The Morgan fingerprint density at radius 2 is 2.15 bits per heavy atom. The molecule has 1 aromatic heterocycles. The normalized spacial score (nSPS) is 25.3. The Hall–Kier alpha value is -2.34. The Morgan fingerprint density at radius 3 is 2.92 bits per heavy atom. The average Bonchev–Trinajstić information content (AvgIpc) is 3.21. The third kappa shape index (κ3) is 2.60. The Kier molecular flexibility index (Phi) is 4.23. The first-order valence-electron chi connectivity index (χ1n) is 9.16. The second-order valence-electron chi connectivity index (χ2n) is 7.46. The van der Waals surface area contributed by atoms with E-state index in [-0.39, 0.29) is 17.7 Å². The van der Waals surface area contributed by atoms with Crippen LogP contribution in [0.3, 0.4) is 0 Å². The summed E-state index contributed by atoms with van der Waals surface area (Å²) in [7, 11) is 3.66. The maximum atomic E-state index is 13.0. The van der Waals surface area contributed by atoms with Crippen molar-refractivity contribution in [2.24, 2.45) is 18.4 Å². The number of aryl methyl sites for hydroxylation is 1. The van der Waals surface area contributed by atoms with E-state index in [9.17, 15) is 9.59 Å². The topological polar surface area (TPSA) is 63.6 Å². The Morgan fingerprint density at radius 1 is 1.35 bits per heavy atom. The summed E-state index contributed by atoms with van der Waals surface area (Å²) in [5.74, 6) is 0.187. The molecule has 2 amide bonds. The number of benzene rings is 1. The van der Waals surface area contributed by atoms with E-state index >= 15 is 0 Å². The van der Waals surface area contributed by atoms with Gasteiger partial charge in [-0.05, 0) is 23.9 Å². The summed E-state index contributed by atoms with van der Waals surface area (Å²) in [6.07, 6.45) is 1.03. The SMILES string of the molecule is CNC(=O)[C@]12CCOC[C@H]1CN(C(=O)Cc1cc3ccccc3n1C)C2. The molecule has 6 nitrogen and oxygen atoms in total. The highest BCUT2D eigenvalue weighted by molar-refractivity contribution is 5.87. The molecule has 2 fully saturated rings. The van der Waals surface area contributed by atoms with E-state index in [2.05, 4.69) is 28.1 Å². The van der Waals surface area contributed by atoms with Gasteiger partial charge in [0.15, 0.2) is 0 Å². The Bertz CT molecular complexity index is 859. The van der Waals surface area contributed by atoms with Crippen molar-refractivity contribution in [3.63, 3.8) is 0 Å². The minimum atomic E-state index is -0.498. The molecule has 0 unspecified atom stereocenters. The van der Waals surface area contributed by atoms with Crippen molar-refractivity contribution >= 4 is 22.7 Å². The third-order valence-electron chi connectivity index (χ3n) is 6.12. The molecule has 0 bridgehead atoms. The fourth-order valence-corrected chi connectivity index (χ4v) is 4.54. The second-order valence-corrected chi connectivity index (χ2v) is 7.46. The zero-order valence-electron chi connectivity index (χ0n) is 15.3. The standard InChI is InChI=1S/C20H25N3O3/c1-21-19(25)20-7-8-26-12-15(20)11-23(13-20)18(24)10-16-9-14-5-3-4-6-17(14)22(16)2/h3-6,9,15H,7-8,10-13H2,1-2H3,(H,21,25)/t15-,20+/m1/s1. The van der Waals surface area contributed by atoms with Gasteiger partial charge in [-0.25, -0.2) is 0 Å². The monoisotopic (exact) mass is 355 g/mol. The van der Waals surface area contributed by atoms with E-state index in [1.54, 1.807) is 7.05 Å². The van der Waals surface area contributed by atoms with Gasteiger partial charge in [0.1, 0.15) is 0 Å². The van der Waals surface area contributed by atoms with E-state index < -0.39 is 5.41 Å². The van der Waals surface area contributed by atoms with Gasteiger partial charge >= 0.3 is 0 Å². The van der Waals surface area contributed by atoms with Gasteiger partial charge in [-0.3, -0.25) is 9.59 Å². The summed E-state index contributed by atoms with van der Waals surface area (Å²) in [5.41, 5.74) is 1.62. The molecule has 138 valence electrons. The van der Waals surface area contributed by atoms with Crippen molar-refractivity contribution in [3.05, 3.63) is 36.0 Å². The minimum Gasteiger partial charge on any atom is -0.381 e. The van der Waals surface area contributed by atoms with Gasteiger partial charge in [-0.2, -0.15) is 0 Å². The number of aromatic nitrogens is 1. The molecule has 2 saturated heterocycles. The molecule has 0 aliphatic carbocycles. The van der Waals surface area contributed by atoms with Crippen LogP contribution < -0.4 is 5.32 Å². The number of para-hydroxylation sites is 1. The molecule has 3 heterocycles. The van der Waals surface area contributed by atoms with Crippen LogP contribution in [-0.2, 0) is 27.8 Å². The van der Waals surface area contributed by atoms with Gasteiger partial charge in [-0.15, -0.1) is 0 Å². The molecule has 2 atom stereocenters. The molecule has 2 aliphatic heterocycles. The maximum Gasteiger partial charge on any atom is 0.228 e. The fraction of sp³-hybridized carbons (Fsp3) is 0.500. The van der Waals surface area contributed by atoms with E-state index in [0.29, 0.717) is 39.1 Å². The zero-order chi connectivity index (χ0) is 18.3. The smallest absolute Gasteiger partial charge is 0.228 e. The molecule has 4 rings (SSSR count). The molecular formula is C20H25N3O3. The first-order chi connectivity index (χ1) is 12.5. The molecule has 0 radical (unpaired) electrons. The highest BCUT2D eigenvalue weighted by Gasteiger charge is 2.54. The molecule has 26 heavy (non-hydrogen) atoms. The van der Waals surface area contributed by atoms with Crippen LogP contribution in [0.15, 0.2) is 30.3 Å². The summed E-state index contributed by atoms with van der Waals surface area (Å²) in [5, 5.41) is 3.94. The predicted octanol–water partition coefficient (Wildman–Crippen LogP) is 1.33. The van der Waals surface area contributed by atoms with Crippen LogP contribution in [0.5, 0.6) is 0 Å². The van der Waals surface area contributed by atoms with Crippen LogP contribution in [0.4, 0.5) is 0 Å². The van der Waals surface area contributed by atoms with Crippen LogP contribution in [0.1, 0.15) is 12.1 Å². The van der Waals surface area contributed by atoms with Crippen molar-refractivity contribution in [3.8, 4) is 0 Å². The number of likely N-dealkylation sites (tertiary alicyclic amines) is 1. The quantitative estimate of drug-likeness (QED) is 0.904. The molecule has 1 aromatic carbocycles. The largest absolute Gasteiger partial charge is 0.381 e. The Balaban J connectivity index is 1.55. The maximum absolute atomic E-state index is 13.0. The van der Waals surface area contributed by atoms with Crippen LogP contribution >= 0.6 is 0 Å². The number of carbonyl (C=O) groups is 2. The zero-order valence-corrected chi connectivity index (χ0v) is 15.3. The second kappa shape index (κ2) is 6.43. The van der Waals surface area contributed by atoms with Crippen molar-refractivity contribution in [2.45, 2.75) is 12.8 Å². The molecule has 0 spiro atoms. The van der Waals surface area contributed by atoms with E-state index in [4.69, 9.17) is 4.74 Å². The number of carbonyl (C=O) groups excluding carboxylic acids is 2. The number of ether oxygens (including phenoxy) is 1. The number of hydrogen-bond donors (Lipinski definition) is 1. The summed E-state index contributed by atoms with van der Waals surface area (Å²) in [4.78, 5) is 27.4. The van der Waals surface area contributed by atoms with Gasteiger partial charge in [0.05, 0.1) is 18.4 Å². The highest BCUT2D eigenvalue weighted by atomic mass is 16.5. The number of nitrogens with zero attached hydrogens (tertiary/aromatic N) is 2. The van der Waals surface area contributed by atoms with Crippen LogP contribution in [-0.4, -0.2) is 54.6 Å². The lowest BCUT2D eigenvalue weighted by molar-refractivity contribution is -0.139. The van der Waals surface area contributed by atoms with Gasteiger partial charge in [0, 0.05) is 50.9 Å². The van der Waals surface area contributed by atoms with Crippen molar-refractivity contribution < 1.29 is 14.3 Å². The molecular weight excluding hydrogens is 330 g/mol. The number of fused-ring (bicyclic) bond motifs is 2. The van der Waals surface area contributed by atoms with Crippen molar-refractivity contribution in [1.82, 2.24) is 14.8 Å². The van der Waals surface area contributed by atoms with E-state index in [1.807, 2.05) is 24.1 Å². The fourth-order valence-electron chi connectivity index (χ4n) is 4.54. The predicted molar refractivity (Wildman–Crippen MR) is 98.6 cm³/mol. The summed E-state index contributed by atoms with van der Waals surface area (Å²) in [6.45, 7) is 2.21. The molecule has 6 heteroatoms. The van der Waals surface area contributed by atoms with Crippen molar-refractivity contribution in [2.75, 3.05) is 33.4 Å². The third-order valence-corrected chi connectivity index (χ3v) is 6.12.